The molecule has 0 aliphatic carbocycles. The number of sulfone groups is 1. The molecule has 2 aliphatic heterocycles. The highest BCUT2D eigenvalue weighted by Crippen LogP contribution is 2.36. The highest BCUT2D eigenvalue weighted by molar-refractivity contribution is 8.13. The van der Waals surface area contributed by atoms with E-state index in [2.05, 4.69) is 4.99 Å². The third kappa shape index (κ3) is 3.61. The predicted molar refractivity (Wildman–Crippen MR) is 105 cm³/mol. The standard InChI is InChI=1S/C18H16ClFN2O2S2/c19-13-2-1-3-15(8-13)22-17-11-26(23,24)10-16(17)21-18(22)25-9-12-4-6-14(20)7-5-12/h1-8,16-17H,9-11H2/t16-,17-/m0/s1. The van der Waals surface area contributed by atoms with Gasteiger partial charge in [-0.15, -0.1) is 0 Å². The Morgan fingerprint density at radius 2 is 1.96 bits per heavy atom. The Morgan fingerprint density at radius 3 is 2.69 bits per heavy atom. The van der Waals surface area contributed by atoms with Gasteiger partial charge in [0.05, 0.1) is 23.6 Å². The summed E-state index contributed by atoms with van der Waals surface area (Å²) in [6.45, 7) is 0. The molecule has 136 valence electrons. The second-order valence-electron chi connectivity index (χ2n) is 6.39. The zero-order valence-corrected chi connectivity index (χ0v) is 16.1. The number of thioether (sulfide) groups is 1. The van der Waals surface area contributed by atoms with E-state index in [9.17, 15) is 12.8 Å². The molecule has 4 rings (SSSR count). The molecule has 0 unspecified atom stereocenters. The van der Waals surface area contributed by atoms with E-state index in [0.29, 0.717) is 10.8 Å². The summed E-state index contributed by atoms with van der Waals surface area (Å²) in [6.07, 6.45) is 0. The predicted octanol–water partition coefficient (Wildman–Crippen LogP) is 3.75. The first-order valence-corrected chi connectivity index (χ1v) is 11.3. The number of hydrogen-bond acceptors (Lipinski definition) is 5. The quantitative estimate of drug-likeness (QED) is 0.773. The van der Waals surface area contributed by atoms with Crippen molar-refractivity contribution in [3.8, 4) is 0 Å². The number of nitrogens with zero attached hydrogens (tertiary/aromatic N) is 2. The van der Waals surface area contributed by atoms with Gasteiger partial charge in [-0.1, -0.05) is 41.6 Å². The number of rotatable bonds is 3. The summed E-state index contributed by atoms with van der Waals surface area (Å²) in [4.78, 5) is 6.66. The van der Waals surface area contributed by atoms with Gasteiger partial charge in [0.25, 0.3) is 0 Å². The summed E-state index contributed by atoms with van der Waals surface area (Å²) in [7, 11) is -3.08. The molecule has 4 nitrogen and oxygen atoms in total. The Bertz CT molecular complexity index is 963. The Morgan fingerprint density at radius 1 is 1.19 bits per heavy atom. The molecule has 0 spiro atoms. The van der Waals surface area contributed by atoms with Crippen LogP contribution in [-0.4, -0.2) is 37.2 Å². The summed E-state index contributed by atoms with van der Waals surface area (Å²) < 4.78 is 37.2. The molecule has 0 saturated carbocycles. The fourth-order valence-electron chi connectivity index (χ4n) is 3.29. The topological polar surface area (TPSA) is 49.7 Å². The number of halogens is 2. The van der Waals surface area contributed by atoms with E-state index >= 15 is 0 Å². The van der Waals surface area contributed by atoms with Crippen molar-refractivity contribution >= 4 is 44.1 Å². The van der Waals surface area contributed by atoms with Crippen LogP contribution in [0.5, 0.6) is 0 Å². The zero-order chi connectivity index (χ0) is 18.3. The van der Waals surface area contributed by atoms with Gasteiger partial charge in [-0.05, 0) is 35.9 Å². The summed E-state index contributed by atoms with van der Waals surface area (Å²) in [6, 6.07) is 13.3. The highest BCUT2D eigenvalue weighted by atomic mass is 35.5. The maximum Gasteiger partial charge on any atom is 0.164 e. The average molecular weight is 411 g/mol. The van der Waals surface area contributed by atoms with Crippen LogP contribution in [0.2, 0.25) is 5.02 Å². The second-order valence-corrected chi connectivity index (χ2v) is 9.92. The van der Waals surface area contributed by atoms with Crippen molar-refractivity contribution in [3.63, 3.8) is 0 Å². The SMILES string of the molecule is O=S1(=O)C[C@@H]2N=C(SCc3ccc(F)cc3)N(c3cccc(Cl)c3)[C@H]2C1. The number of fused-ring (bicyclic) bond motifs is 1. The molecule has 2 aromatic carbocycles. The summed E-state index contributed by atoms with van der Waals surface area (Å²) >= 11 is 7.65. The molecular formula is C18H16ClFN2O2S2. The first-order chi connectivity index (χ1) is 12.4. The van der Waals surface area contributed by atoms with Crippen LogP contribution >= 0.6 is 23.4 Å². The molecule has 2 atom stereocenters. The van der Waals surface area contributed by atoms with Crippen molar-refractivity contribution in [2.75, 3.05) is 16.4 Å². The van der Waals surface area contributed by atoms with Crippen LogP contribution < -0.4 is 4.90 Å². The van der Waals surface area contributed by atoms with Crippen molar-refractivity contribution in [3.05, 3.63) is 64.9 Å². The van der Waals surface area contributed by atoms with Crippen LogP contribution in [-0.2, 0) is 15.6 Å². The van der Waals surface area contributed by atoms with Gasteiger partial charge < -0.3 is 4.90 Å². The Hall–Kier alpha value is -1.57. The van der Waals surface area contributed by atoms with Crippen LogP contribution in [0.15, 0.2) is 53.5 Å². The van der Waals surface area contributed by atoms with E-state index in [1.165, 1.54) is 23.9 Å². The second kappa shape index (κ2) is 6.87. The van der Waals surface area contributed by atoms with Crippen molar-refractivity contribution in [2.45, 2.75) is 17.8 Å². The van der Waals surface area contributed by atoms with Gasteiger partial charge in [0.15, 0.2) is 15.0 Å². The van der Waals surface area contributed by atoms with Gasteiger partial charge in [-0.25, -0.2) is 12.8 Å². The lowest BCUT2D eigenvalue weighted by Gasteiger charge is -2.26. The molecule has 1 fully saturated rings. The molecule has 8 heteroatoms. The molecule has 2 aliphatic rings. The normalized spacial score (nSPS) is 23.8. The van der Waals surface area contributed by atoms with Crippen molar-refractivity contribution in [2.24, 2.45) is 4.99 Å². The van der Waals surface area contributed by atoms with Crippen molar-refractivity contribution in [1.29, 1.82) is 0 Å². The fraction of sp³-hybridized carbons (Fsp3) is 0.278. The number of benzene rings is 2. The maximum absolute atomic E-state index is 13.1. The smallest absolute Gasteiger partial charge is 0.164 e. The van der Waals surface area contributed by atoms with Crippen LogP contribution in [0.4, 0.5) is 10.1 Å². The van der Waals surface area contributed by atoms with Gasteiger partial charge in [-0.3, -0.25) is 4.99 Å². The van der Waals surface area contributed by atoms with Crippen molar-refractivity contribution < 1.29 is 12.8 Å². The van der Waals surface area contributed by atoms with E-state index in [1.54, 1.807) is 18.2 Å². The number of amidine groups is 1. The van der Waals surface area contributed by atoms with E-state index in [4.69, 9.17) is 11.6 Å². The lowest BCUT2D eigenvalue weighted by molar-refractivity contribution is 0.601. The van der Waals surface area contributed by atoms with Crippen LogP contribution in [0, 0.1) is 5.82 Å². The minimum absolute atomic E-state index is 0.0787. The monoisotopic (exact) mass is 410 g/mol. The van der Waals surface area contributed by atoms with Gasteiger partial charge in [-0.2, -0.15) is 0 Å². The Balaban J connectivity index is 1.61. The van der Waals surface area contributed by atoms with E-state index in [-0.39, 0.29) is 29.4 Å². The van der Waals surface area contributed by atoms with E-state index in [1.807, 2.05) is 23.1 Å². The largest absolute Gasteiger partial charge is 0.315 e. The van der Waals surface area contributed by atoms with Crippen molar-refractivity contribution in [1.82, 2.24) is 0 Å². The molecule has 26 heavy (non-hydrogen) atoms. The lowest BCUT2D eigenvalue weighted by Crippen LogP contribution is -2.39. The third-order valence-corrected chi connectivity index (χ3v) is 7.45. The fourth-order valence-corrected chi connectivity index (χ4v) is 6.40. The molecule has 0 N–H and O–H groups in total. The van der Waals surface area contributed by atoms with Crippen LogP contribution in [0.1, 0.15) is 5.56 Å². The summed E-state index contributed by atoms with van der Waals surface area (Å²) in [5, 5.41) is 1.37. The van der Waals surface area contributed by atoms with Gasteiger partial charge >= 0.3 is 0 Å². The Kier molecular flexibility index (Phi) is 4.71. The van der Waals surface area contributed by atoms with Crippen LogP contribution in [0.3, 0.4) is 0 Å². The maximum atomic E-state index is 13.1. The number of hydrogen-bond donors (Lipinski definition) is 0. The van der Waals surface area contributed by atoms with Gasteiger partial charge in [0.1, 0.15) is 5.82 Å². The van der Waals surface area contributed by atoms with Crippen LogP contribution in [0.25, 0.3) is 0 Å². The van der Waals surface area contributed by atoms with E-state index < -0.39 is 9.84 Å². The van der Waals surface area contributed by atoms with Gasteiger partial charge in [0, 0.05) is 16.5 Å². The van der Waals surface area contributed by atoms with E-state index in [0.717, 1.165) is 16.4 Å². The third-order valence-electron chi connectivity index (χ3n) is 4.48. The summed E-state index contributed by atoms with van der Waals surface area (Å²) in [5.74, 6) is 0.531. The first kappa shape index (κ1) is 17.8. The minimum atomic E-state index is -3.08. The minimum Gasteiger partial charge on any atom is -0.315 e. The molecule has 2 aromatic rings. The highest BCUT2D eigenvalue weighted by Gasteiger charge is 2.47. The molecule has 2 heterocycles. The molecule has 0 bridgehead atoms. The van der Waals surface area contributed by atoms with Gasteiger partial charge in [0.2, 0.25) is 0 Å². The molecule has 0 radical (unpaired) electrons. The Labute approximate surface area is 161 Å². The average Bonchev–Trinajstić information content (AvgIpc) is 3.05. The molecular weight excluding hydrogens is 395 g/mol. The molecule has 0 aromatic heterocycles. The molecule has 0 amide bonds. The first-order valence-electron chi connectivity index (χ1n) is 8.11. The number of anilines is 1. The lowest BCUT2D eigenvalue weighted by atomic mass is 10.1. The summed E-state index contributed by atoms with van der Waals surface area (Å²) in [5.41, 5.74) is 1.82. The zero-order valence-electron chi connectivity index (χ0n) is 13.7. The molecule has 1 saturated heterocycles. The number of aliphatic imine (C=N–C) groups is 1.